The maximum Gasteiger partial charge on any atom is 0.286 e. The molecule has 10 heteroatoms. The van der Waals surface area contributed by atoms with Crippen LogP contribution in [0.25, 0.3) is 0 Å². The molecule has 9 nitrogen and oxygen atoms in total. The number of benzene rings is 1. The van der Waals surface area contributed by atoms with Gasteiger partial charge in [-0.15, -0.1) is 10.2 Å². The molecule has 1 fully saturated rings. The Morgan fingerprint density at radius 1 is 1.06 bits per heavy atom. The highest BCUT2D eigenvalue weighted by Gasteiger charge is 2.23. The summed E-state index contributed by atoms with van der Waals surface area (Å²) < 4.78 is 4.99. The van der Waals surface area contributed by atoms with Crippen LogP contribution in [0.3, 0.4) is 0 Å². The van der Waals surface area contributed by atoms with Crippen LogP contribution in [0.4, 0.5) is 11.5 Å². The van der Waals surface area contributed by atoms with Gasteiger partial charge < -0.3 is 19.9 Å². The van der Waals surface area contributed by atoms with Gasteiger partial charge in [0.1, 0.15) is 10.8 Å². The van der Waals surface area contributed by atoms with Crippen molar-refractivity contribution < 1.29 is 14.3 Å². The van der Waals surface area contributed by atoms with Crippen LogP contribution in [-0.4, -0.2) is 65.2 Å². The molecule has 4 rings (SSSR count). The molecule has 1 N–H and O–H groups in total. The lowest BCUT2D eigenvalue weighted by Crippen LogP contribution is -2.49. The van der Waals surface area contributed by atoms with Crippen molar-refractivity contribution in [3.05, 3.63) is 64.2 Å². The minimum absolute atomic E-state index is 0.0214. The summed E-state index contributed by atoms with van der Waals surface area (Å²) in [7, 11) is 1.56. The molecule has 0 unspecified atom stereocenters. The number of carbonyl (C=O) groups is 2. The Hall–Kier alpha value is -3.37. The predicted molar refractivity (Wildman–Crippen MR) is 117 cm³/mol. The van der Waals surface area contributed by atoms with E-state index < -0.39 is 0 Å². The zero-order valence-corrected chi connectivity index (χ0v) is 17.8. The number of ether oxygens (including phenoxy) is 1. The summed E-state index contributed by atoms with van der Waals surface area (Å²) in [5, 5.41) is 11.5. The molecule has 0 atom stereocenters. The Kier molecular flexibility index (Phi) is 6.48. The summed E-state index contributed by atoms with van der Waals surface area (Å²) >= 11 is 1.18. The summed E-state index contributed by atoms with van der Waals surface area (Å²) in [6.45, 7) is 3.06. The zero-order chi connectivity index (χ0) is 21.6. The second-order valence-electron chi connectivity index (χ2n) is 6.93. The number of nitrogens with zero attached hydrogens (tertiary/aromatic N) is 5. The number of nitrogens with one attached hydrogen (secondary N) is 1. The van der Waals surface area contributed by atoms with Gasteiger partial charge in [-0.05, 0) is 36.4 Å². The lowest BCUT2D eigenvalue weighted by molar-refractivity contribution is 0.0746. The van der Waals surface area contributed by atoms with E-state index in [1.807, 2.05) is 23.1 Å². The van der Waals surface area contributed by atoms with Gasteiger partial charge in [0, 0.05) is 50.7 Å². The van der Waals surface area contributed by atoms with Crippen molar-refractivity contribution in [2.24, 2.45) is 0 Å². The van der Waals surface area contributed by atoms with Crippen LogP contribution in [0.5, 0.6) is 0 Å². The van der Waals surface area contributed by atoms with Crippen molar-refractivity contribution >= 4 is 34.7 Å². The number of carbonyl (C=O) groups excluding carboxylic acids is 2. The number of hydrogen-bond acceptors (Lipinski definition) is 8. The molecule has 0 bridgehead atoms. The van der Waals surface area contributed by atoms with E-state index in [0.29, 0.717) is 36.0 Å². The van der Waals surface area contributed by atoms with Crippen molar-refractivity contribution in [1.29, 1.82) is 0 Å². The largest absolute Gasteiger partial charge is 0.377 e. The second kappa shape index (κ2) is 9.63. The highest BCUT2D eigenvalue weighted by Crippen LogP contribution is 2.17. The molecule has 0 saturated carbocycles. The Morgan fingerprint density at radius 3 is 2.52 bits per heavy atom. The molecule has 0 spiro atoms. The van der Waals surface area contributed by atoms with Gasteiger partial charge in [0.15, 0.2) is 0 Å². The lowest BCUT2D eigenvalue weighted by atomic mass is 10.1. The van der Waals surface area contributed by atoms with E-state index in [0.717, 1.165) is 18.9 Å². The van der Waals surface area contributed by atoms with Crippen LogP contribution in [0.2, 0.25) is 0 Å². The average molecular weight is 439 g/mol. The van der Waals surface area contributed by atoms with E-state index in [1.54, 1.807) is 37.6 Å². The van der Waals surface area contributed by atoms with E-state index in [4.69, 9.17) is 4.74 Å². The number of amides is 2. The maximum absolute atomic E-state index is 12.8. The molecule has 1 saturated heterocycles. The Morgan fingerprint density at radius 2 is 1.84 bits per heavy atom. The molecular weight excluding hydrogens is 416 g/mol. The van der Waals surface area contributed by atoms with Crippen molar-refractivity contribution in [3.8, 4) is 0 Å². The van der Waals surface area contributed by atoms with Crippen LogP contribution in [0.15, 0.2) is 48.7 Å². The number of anilines is 2. The Bertz CT molecular complexity index is 1030. The van der Waals surface area contributed by atoms with Crippen molar-refractivity contribution in [2.45, 2.75) is 6.61 Å². The molecule has 3 aromatic rings. The monoisotopic (exact) mass is 438 g/mol. The number of piperazine rings is 1. The van der Waals surface area contributed by atoms with Crippen molar-refractivity contribution in [3.63, 3.8) is 0 Å². The van der Waals surface area contributed by atoms with E-state index >= 15 is 0 Å². The number of rotatable bonds is 6. The van der Waals surface area contributed by atoms with Gasteiger partial charge in [-0.3, -0.25) is 9.59 Å². The van der Waals surface area contributed by atoms with Crippen LogP contribution < -0.4 is 10.2 Å². The molecule has 0 radical (unpaired) electrons. The first-order valence-corrected chi connectivity index (χ1v) is 10.6. The lowest BCUT2D eigenvalue weighted by Gasteiger charge is -2.35. The molecule has 0 aliphatic carbocycles. The fraction of sp³-hybridized carbons (Fsp3) is 0.286. The second-order valence-corrected chi connectivity index (χ2v) is 7.99. The fourth-order valence-electron chi connectivity index (χ4n) is 3.27. The summed E-state index contributed by atoms with van der Waals surface area (Å²) in [6.07, 6.45) is 1.77. The molecular formula is C21H22N6O3S. The summed E-state index contributed by atoms with van der Waals surface area (Å²) in [5.41, 5.74) is 1.17. The van der Waals surface area contributed by atoms with E-state index in [9.17, 15) is 9.59 Å². The third kappa shape index (κ3) is 5.04. The SMILES string of the molecule is COCc1nnc(C(=O)Nc2ccc(C(=O)N3CCN(c4ccccn4)CC3)cc2)s1. The predicted octanol–water partition coefficient (Wildman–Crippen LogP) is 2.29. The number of hydrogen-bond donors (Lipinski definition) is 1. The highest BCUT2D eigenvalue weighted by atomic mass is 32.1. The molecule has 31 heavy (non-hydrogen) atoms. The van der Waals surface area contributed by atoms with E-state index in [1.165, 1.54) is 11.3 Å². The summed E-state index contributed by atoms with van der Waals surface area (Å²) in [4.78, 5) is 33.5. The normalized spacial score (nSPS) is 13.8. The molecule has 2 aromatic heterocycles. The molecule has 160 valence electrons. The molecule has 3 heterocycles. The minimum Gasteiger partial charge on any atom is -0.377 e. The zero-order valence-electron chi connectivity index (χ0n) is 17.0. The highest BCUT2D eigenvalue weighted by molar-refractivity contribution is 7.13. The Labute approximate surface area is 183 Å². The summed E-state index contributed by atoms with van der Waals surface area (Å²) in [6, 6.07) is 12.7. The quantitative estimate of drug-likeness (QED) is 0.630. The number of aromatic nitrogens is 3. The van der Waals surface area contributed by atoms with Gasteiger partial charge in [-0.1, -0.05) is 17.4 Å². The van der Waals surface area contributed by atoms with Crippen LogP contribution >= 0.6 is 11.3 Å². The topological polar surface area (TPSA) is 101 Å². The third-order valence-electron chi connectivity index (χ3n) is 4.86. The maximum atomic E-state index is 12.8. The van der Waals surface area contributed by atoms with Gasteiger partial charge in [-0.25, -0.2) is 4.98 Å². The average Bonchev–Trinajstić information content (AvgIpc) is 3.29. The van der Waals surface area contributed by atoms with Gasteiger partial charge in [-0.2, -0.15) is 0 Å². The molecule has 1 aliphatic rings. The first-order valence-electron chi connectivity index (χ1n) is 9.82. The third-order valence-corrected chi connectivity index (χ3v) is 5.75. The fourth-order valence-corrected chi connectivity index (χ4v) is 3.98. The van der Waals surface area contributed by atoms with E-state index in [2.05, 4.69) is 25.4 Å². The smallest absolute Gasteiger partial charge is 0.286 e. The summed E-state index contributed by atoms with van der Waals surface area (Å²) in [5.74, 6) is 0.566. The van der Waals surface area contributed by atoms with Crippen LogP contribution in [0.1, 0.15) is 25.2 Å². The van der Waals surface area contributed by atoms with Crippen molar-refractivity contribution in [2.75, 3.05) is 43.5 Å². The standard InChI is InChI=1S/C21H22N6O3S/c1-30-14-18-24-25-20(31-18)19(28)23-16-7-5-15(6-8-16)21(29)27-12-10-26(11-13-27)17-4-2-3-9-22-17/h2-9H,10-14H2,1H3,(H,23,28). The number of pyridine rings is 1. The molecule has 1 aliphatic heterocycles. The van der Waals surface area contributed by atoms with Gasteiger partial charge in [0.25, 0.3) is 11.8 Å². The van der Waals surface area contributed by atoms with E-state index in [-0.39, 0.29) is 16.8 Å². The first kappa shape index (κ1) is 20.9. The van der Waals surface area contributed by atoms with Crippen molar-refractivity contribution in [1.82, 2.24) is 20.1 Å². The van der Waals surface area contributed by atoms with Gasteiger partial charge >= 0.3 is 0 Å². The molecule has 1 aromatic carbocycles. The Balaban J connectivity index is 1.32. The number of methoxy groups -OCH3 is 1. The first-order chi connectivity index (χ1) is 15.1. The minimum atomic E-state index is -0.343. The van der Waals surface area contributed by atoms with Crippen LogP contribution in [0, 0.1) is 0 Å². The molecule has 2 amide bonds. The van der Waals surface area contributed by atoms with Crippen LogP contribution in [-0.2, 0) is 11.3 Å². The van der Waals surface area contributed by atoms with Gasteiger partial charge in [0.2, 0.25) is 5.01 Å². The van der Waals surface area contributed by atoms with Gasteiger partial charge in [0.05, 0.1) is 6.61 Å².